The fourth-order valence-corrected chi connectivity index (χ4v) is 6.02. The highest BCUT2D eigenvalue weighted by Crippen LogP contribution is 2.40. The van der Waals surface area contributed by atoms with Gasteiger partial charge < -0.3 is 23.7 Å². The third-order valence-electron chi connectivity index (χ3n) is 5.96. The van der Waals surface area contributed by atoms with E-state index >= 15 is 0 Å². The lowest BCUT2D eigenvalue weighted by molar-refractivity contribution is -0.169. The molecule has 2 aliphatic rings. The topological polar surface area (TPSA) is 118 Å². The zero-order valence-electron chi connectivity index (χ0n) is 20.4. The van der Waals surface area contributed by atoms with Crippen LogP contribution in [0.15, 0.2) is 59.5 Å². The van der Waals surface area contributed by atoms with Gasteiger partial charge in [0.1, 0.15) is 30.7 Å². The molecule has 10 nitrogen and oxygen atoms in total. The molecule has 2 saturated heterocycles. The van der Waals surface area contributed by atoms with E-state index in [2.05, 4.69) is 0 Å². The van der Waals surface area contributed by atoms with Crippen molar-refractivity contribution in [2.24, 2.45) is 0 Å². The molecule has 0 spiro atoms. The zero-order valence-corrected chi connectivity index (χ0v) is 21.3. The van der Waals surface area contributed by atoms with E-state index in [9.17, 15) is 18.0 Å². The number of sulfonamides is 1. The number of piperidine rings is 1. The first-order chi connectivity index (χ1) is 17.0. The van der Waals surface area contributed by atoms with Crippen LogP contribution < -0.4 is 4.74 Å². The minimum absolute atomic E-state index is 0.0540. The summed E-state index contributed by atoms with van der Waals surface area (Å²) in [5.74, 6) is -2.09. The van der Waals surface area contributed by atoms with E-state index in [1.54, 1.807) is 38.1 Å². The molecule has 0 saturated carbocycles. The molecule has 2 fully saturated rings. The monoisotopic (exact) mass is 519 g/mol. The second-order valence-electron chi connectivity index (χ2n) is 9.00. The molecule has 0 aromatic heterocycles. The Morgan fingerprint density at radius 1 is 1.03 bits per heavy atom. The lowest BCUT2D eigenvalue weighted by Crippen LogP contribution is -2.65. The number of methoxy groups -OCH3 is 1. The fraction of sp³-hybridized carbons (Fsp3) is 0.440. The van der Waals surface area contributed by atoms with Gasteiger partial charge in [-0.15, -0.1) is 0 Å². The summed E-state index contributed by atoms with van der Waals surface area (Å²) < 4.78 is 56.6. The predicted molar refractivity (Wildman–Crippen MR) is 126 cm³/mol. The first-order valence-corrected chi connectivity index (χ1v) is 12.8. The first-order valence-electron chi connectivity index (χ1n) is 11.4. The number of hydrogen-bond donors (Lipinski definition) is 0. The van der Waals surface area contributed by atoms with Crippen molar-refractivity contribution in [3.8, 4) is 5.75 Å². The van der Waals surface area contributed by atoms with Gasteiger partial charge >= 0.3 is 11.9 Å². The molecule has 2 aromatic carbocycles. The molecule has 4 rings (SSSR count). The number of hydrogen-bond acceptors (Lipinski definition) is 9. The van der Waals surface area contributed by atoms with Gasteiger partial charge in [-0.3, -0.25) is 9.59 Å². The Kier molecular flexibility index (Phi) is 7.37. The number of esters is 2. The molecule has 0 aliphatic carbocycles. The van der Waals surface area contributed by atoms with E-state index in [1.807, 2.05) is 6.07 Å². The van der Waals surface area contributed by atoms with Crippen LogP contribution in [0.3, 0.4) is 0 Å². The molecule has 2 heterocycles. The number of nitrogens with zero attached hydrogens (tertiary/aromatic N) is 1. The molecule has 0 unspecified atom stereocenters. The quantitative estimate of drug-likeness (QED) is 0.508. The molecule has 0 bridgehead atoms. The van der Waals surface area contributed by atoms with Gasteiger partial charge in [0.25, 0.3) is 0 Å². The number of fused-ring (bicyclic) bond motifs is 1. The molecule has 194 valence electrons. The lowest BCUT2D eigenvalue weighted by atomic mass is 9.96. The summed E-state index contributed by atoms with van der Waals surface area (Å²) in [6, 6.07) is 13.4. The van der Waals surface area contributed by atoms with Crippen molar-refractivity contribution >= 4 is 22.0 Å². The normalized spacial score (nSPS) is 25.6. The standard InChI is InChI=1S/C25H29NO9S/c1-16(27)33-20-14-26(36(29,30)19-12-10-18(31-4)11-13-19)21(23-22(20)34-25(2,3)35-23)24(28)32-15-17-8-6-5-7-9-17/h5-13,20-23H,14-15H2,1-4H3/t20-,21-,22-,23+/m1/s1. The van der Waals surface area contributed by atoms with Crippen LogP contribution in [0.1, 0.15) is 26.3 Å². The van der Waals surface area contributed by atoms with Crippen LogP contribution in [0.25, 0.3) is 0 Å². The van der Waals surface area contributed by atoms with E-state index in [0.29, 0.717) is 5.75 Å². The molecule has 0 amide bonds. The Morgan fingerprint density at radius 2 is 1.67 bits per heavy atom. The van der Waals surface area contributed by atoms with Crippen LogP contribution in [0.2, 0.25) is 0 Å². The average molecular weight is 520 g/mol. The molecule has 0 N–H and O–H groups in total. The highest BCUT2D eigenvalue weighted by atomic mass is 32.2. The number of carbonyl (C=O) groups excluding carboxylic acids is 2. The Hall–Kier alpha value is -2.99. The Morgan fingerprint density at radius 3 is 2.28 bits per heavy atom. The van der Waals surface area contributed by atoms with E-state index in [0.717, 1.165) is 9.87 Å². The fourth-order valence-electron chi connectivity index (χ4n) is 4.42. The molecular weight excluding hydrogens is 490 g/mol. The lowest BCUT2D eigenvalue weighted by Gasteiger charge is -2.42. The van der Waals surface area contributed by atoms with Crippen LogP contribution in [-0.4, -0.2) is 68.5 Å². The SMILES string of the molecule is COc1ccc(S(=O)(=O)N2C[C@@H](OC(C)=O)[C@H]3OC(C)(C)O[C@H]3[C@@H]2C(=O)OCc2ccccc2)cc1. The van der Waals surface area contributed by atoms with E-state index in [1.165, 1.54) is 38.3 Å². The van der Waals surface area contributed by atoms with E-state index in [4.69, 9.17) is 23.7 Å². The third-order valence-corrected chi connectivity index (χ3v) is 7.82. The maximum absolute atomic E-state index is 13.8. The largest absolute Gasteiger partial charge is 0.497 e. The molecular formula is C25H29NO9S. The summed E-state index contributed by atoms with van der Waals surface area (Å²) in [4.78, 5) is 25.2. The highest BCUT2D eigenvalue weighted by molar-refractivity contribution is 7.89. The average Bonchev–Trinajstić information content (AvgIpc) is 3.17. The summed E-state index contributed by atoms with van der Waals surface area (Å²) in [7, 11) is -2.79. The van der Waals surface area contributed by atoms with Crippen LogP contribution in [0.4, 0.5) is 0 Å². The van der Waals surface area contributed by atoms with Gasteiger partial charge in [0.2, 0.25) is 10.0 Å². The van der Waals surface area contributed by atoms with Crippen LogP contribution >= 0.6 is 0 Å². The summed E-state index contributed by atoms with van der Waals surface area (Å²) in [6.07, 6.45) is -2.95. The number of ether oxygens (including phenoxy) is 5. The van der Waals surface area contributed by atoms with Crippen molar-refractivity contribution in [1.82, 2.24) is 4.31 Å². The van der Waals surface area contributed by atoms with Crippen LogP contribution in [-0.2, 0) is 45.2 Å². The molecule has 2 aromatic rings. The second kappa shape index (κ2) is 10.2. The zero-order chi connectivity index (χ0) is 26.1. The molecule has 4 atom stereocenters. The van der Waals surface area contributed by atoms with Crippen molar-refractivity contribution < 1.29 is 41.7 Å². The van der Waals surface area contributed by atoms with Gasteiger partial charge in [-0.1, -0.05) is 30.3 Å². The van der Waals surface area contributed by atoms with Gasteiger partial charge in [-0.05, 0) is 43.7 Å². The van der Waals surface area contributed by atoms with E-state index in [-0.39, 0.29) is 18.0 Å². The van der Waals surface area contributed by atoms with Crippen LogP contribution in [0, 0.1) is 0 Å². The summed E-state index contributed by atoms with van der Waals surface area (Å²) in [5, 5.41) is 0. The van der Waals surface area contributed by atoms with Gasteiger partial charge in [-0.2, -0.15) is 4.31 Å². The first kappa shape index (κ1) is 26.1. The minimum Gasteiger partial charge on any atom is -0.497 e. The summed E-state index contributed by atoms with van der Waals surface area (Å²) >= 11 is 0. The Bertz CT molecular complexity index is 1200. The second-order valence-corrected chi connectivity index (χ2v) is 10.9. The number of benzene rings is 2. The highest BCUT2D eigenvalue weighted by Gasteiger charge is 2.60. The molecule has 0 radical (unpaired) electrons. The maximum Gasteiger partial charge on any atom is 0.327 e. The van der Waals surface area contributed by atoms with Crippen molar-refractivity contribution in [2.75, 3.05) is 13.7 Å². The molecule has 11 heteroatoms. The van der Waals surface area contributed by atoms with Gasteiger partial charge in [0.15, 0.2) is 11.8 Å². The van der Waals surface area contributed by atoms with Crippen LogP contribution in [0.5, 0.6) is 5.75 Å². The summed E-state index contributed by atoms with van der Waals surface area (Å²) in [6.45, 7) is 4.13. The predicted octanol–water partition coefficient (Wildman–Crippen LogP) is 2.26. The van der Waals surface area contributed by atoms with Gasteiger partial charge in [0.05, 0.1) is 18.6 Å². The van der Waals surface area contributed by atoms with E-state index < -0.39 is 52.1 Å². The Labute approximate surface area is 210 Å². The smallest absolute Gasteiger partial charge is 0.327 e. The third kappa shape index (κ3) is 5.39. The number of carbonyl (C=O) groups is 2. The minimum atomic E-state index is -4.26. The number of rotatable bonds is 7. The van der Waals surface area contributed by atoms with Crippen molar-refractivity contribution in [3.05, 3.63) is 60.2 Å². The van der Waals surface area contributed by atoms with Crippen molar-refractivity contribution in [3.63, 3.8) is 0 Å². The maximum atomic E-state index is 13.8. The van der Waals surface area contributed by atoms with Crippen molar-refractivity contribution in [2.45, 2.75) is 62.4 Å². The van der Waals surface area contributed by atoms with Gasteiger partial charge in [-0.25, -0.2) is 8.42 Å². The Balaban J connectivity index is 1.72. The van der Waals surface area contributed by atoms with Crippen molar-refractivity contribution in [1.29, 1.82) is 0 Å². The van der Waals surface area contributed by atoms with Gasteiger partial charge in [0, 0.05) is 6.92 Å². The molecule has 2 aliphatic heterocycles. The summed E-state index contributed by atoms with van der Waals surface area (Å²) in [5.41, 5.74) is 0.740. The molecule has 36 heavy (non-hydrogen) atoms.